The Morgan fingerprint density at radius 1 is 0.967 bits per heavy atom. The number of hydrogen-bond acceptors (Lipinski definition) is 7. The zero-order valence-corrected chi connectivity index (χ0v) is 17.2. The van der Waals surface area contributed by atoms with Gasteiger partial charge in [-0.25, -0.2) is 8.42 Å². The molecule has 156 valence electrons. The van der Waals surface area contributed by atoms with Crippen LogP contribution in [0.25, 0.3) is 0 Å². The third kappa shape index (κ3) is 4.70. The lowest BCUT2D eigenvalue weighted by atomic mass is 10.1. The maximum Gasteiger partial charge on any atom is 0.273 e. The Bertz CT molecular complexity index is 1180. The number of rotatable bonds is 6. The number of nitrogens with one attached hydrogen (secondary N) is 3. The molecule has 2 aromatic carbocycles. The fraction of sp³-hybridized carbons (Fsp3) is 0.0526. The molecule has 0 fully saturated rings. The third-order valence-electron chi connectivity index (χ3n) is 3.92. The zero-order chi connectivity index (χ0) is 21.7. The van der Waals surface area contributed by atoms with Crippen molar-refractivity contribution in [3.05, 3.63) is 71.1 Å². The van der Waals surface area contributed by atoms with Crippen molar-refractivity contribution in [3.8, 4) is 11.5 Å². The quantitative estimate of drug-likeness (QED) is 0.429. The minimum Gasteiger partial charge on any atom is -0.507 e. The molecule has 4 N–H and O–H groups in total. The number of carbonyl (C=O) groups excluding carboxylic acids is 2. The zero-order valence-electron chi connectivity index (χ0n) is 15.6. The second-order valence-electron chi connectivity index (χ2n) is 5.87. The highest BCUT2D eigenvalue weighted by atomic mass is 32.2. The predicted molar refractivity (Wildman–Crippen MR) is 111 cm³/mol. The lowest BCUT2D eigenvalue weighted by Gasteiger charge is -2.13. The Hall–Kier alpha value is -3.57. The Labute approximate surface area is 176 Å². The minimum atomic E-state index is -3.86. The monoisotopic (exact) mass is 447 g/mol. The summed E-state index contributed by atoms with van der Waals surface area (Å²) >= 11 is 1.04. The molecule has 0 unspecified atom stereocenters. The first kappa shape index (κ1) is 21.1. The van der Waals surface area contributed by atoms with Gasteiger partial charge in [-0.3, -0.25) is 25.2 Å². The average molecular weight is 447 g/mol. The Kier molecular flexibility index (Phi) is 6.23. The molecule has 3 aromatic rings. The summed E-state index contributed by atoms with van der Waals surface area (Å²) in [6, 6.07) is 13.1. The topological polar surface area (TPSA) is 134 Å². The second kappa shape index (κ2) is 8.84. The van der Waals surface area contributed by atoms with Crippen molar-refractivity contribution in [1.29, 1.82) is 0 Å². The van der Waals surface area contributed by atoms with E-state index in [1.54, 1.807) is 23.6 Å². The summed E-state index contributed by atoms with van der Waals surface area (Å²) in [6.45, 7) is 0. The van der Waals surface area contributed by atoms with E-state index in [2.05, 4.69) is 15.6 Å². The van der Waals surface area contributed by atoms with E-state index in [4.69, 9.17) is 4.74 Å². The molecule has 30 heavy (non-hydrogen) atoms. The molecular formula is C19H17N3O6S2. The van der Waals surface area contributed by atoms with Gasteiger partial charge in [-0.05, 0) is 35.7 Å². The van der Waals surface area contributed by atoms with Gasteiger partial charge in [-0.2, -0.15) is 0 Å². The lowest BCUT2D eigenvalue weighted by Crippen LogP contribution is -2.42. The van der Waals surface area contributed by atoms with Gasteiger partial charge in [-0.1, -0.05) is 18.2 Å². The molecule has 0 aliphatic carbocycles. The van der Waals surface area contributed by atoms with E-state index in [1.807, 2.05) is 0 Å². The summed E-state index contributed by atoms with van der Waals surface area (Å²) in [5.41, 5.74) is 4.34. The Morgan fingerprint density at radius 3 is 2.30 bits per heavy atom. The van der Waals surface area contributed by atoms with Gasteiger partial charge < -0.3 is 9.84 Å². The summed E-state index contributed by atoms with van der Waals surface area (Å²) in [5.74, 6) is -1.48. The summed E-state index contributed by atoms with van der Waals surface area (Å²) in [6.07, 6.45) is 0. The van der Waals surface area contributed by atoms with Crippen molar-refractivity contribution in [2.45, 2.75) is 4.21 Å². The second-order valence-corrected chi connectivity index (χ2v) is 8.73. The summed E-state index contributed by atoms with van der Waals surface area (Å²) in [4.78, 5) is 24.8. The molecule has 0 aliphatic rings. The van der Waals surface area contributed by atoms with Gasteiger partial charge in [0.2, 0.25) is 0 Å². The van der Waals surface area contributed by atoms with E-state index in [9.17, 15) is 23.1 Å². The van der Waals surface area contributed by atoms with Crippen LogP contribution in [0.1, 0.15) is 20.7 Å². The van der Waals surface area contributed by atoms with Crippen LogP contribution in [-0.2, 0) is 10.0 Å². The first-order valence-corrected chi connectivity index (χ1v) is 10.8. The lowest BCUT2D eigenvalue weighted by molar-refractivity contribution is 0.0845. The molecular weight excluding hydrogens is 430 g/mol. The summed E-state index contributed by atoms with van der Waals surface area (Å²) in [7, 11) is -2.44. The van der Waals surface area contributed by atoms with Crippen LogP contribution in [0.4, 0.5) is 5.69 Å². The van der Waals surface area contributed by atoms with Crippen LogP contribution in [0.5, 0.6) is 11.5 Å². The van der Waals surface area contributed by atoms with E-state index < -0.39 is 21.8 Å². The van der Waals surface area contributed by atoms with Crippen LogP contribution < -0.4 is 20.3 Å². The molecule has 2 amide bonds. The van der Waals surface area contributed by atoms with Crippen molar-refractivity contribution in [2.24, 2.45) is 0 Å². The number of benzene rings is 2. The number of amides is 2. The minimum absolute atomic E-state index is 0.00289. The normalized spacial score (nSPS) is 10.8. The maximum atomic E-state index is 12.5. The number of phenols is 1. The Balaban J connectivity index is 1.73. The average Bonchev–Trinajstić information content (AvgIpc) is 3.28. The molecule has 3 rings (SSSR count). The van der Waals surface area contributed by atoms with Gasteiger partial charge in [0, 0.05) is 6.07 Å². The SMILES string of the molecule is COc1ccc(C(=O)NNC(=O)c2ccccc2NS(=O)(=O)c2cccs2)c(O)c1. The fourth-order valence-electron chi connectivity index (χ4n) is 2.46. The molecule has 0 atom stereocenters. The molecule has 1 aromatic heterocycles. The van der Waals surface area contributed by atoms with Crippen LogP contribution in [0.2, 0.25) is 0 Å². The van der Waals surface area contributed by atoms with E-state index in [0.717, 1.165) is 11.3 Å². The summed E-state index contributed by atoms with van der Waals surface area (Å²) < 4.78 is 32.3. The molecule has 11 heteroatoms. The van der Waals surface area contributed by atoms with Crippen molar-refractivity contribution >= 4 is 38.9 Å². The van der Waals surface area contributed by atoms with Crippen LogP contribution in [0.15, 0.2) is 64.2 Å². The largest absolute Gasteiger partial charge is 0.507 e. The molecule has 0 bridgehead atoms. The number of ether oxygens (including phenoxy) is 1. The van der Waals surface area contributed by atoms with Crippen LogP contribution in [0, 0.1) is 0 Å². The third-order valence-corrected chi connectivity index (χ3v) is 6.68. The van der Waals surface area contributed by atoms with E-state index >= 15 is 0 Å². The number of carbonyl (C=O) groups is 2. The fourth-order valence-corrected chi connectivity index (χ4v) is 4.53. The van der Waals surface area contributed by atoms with Crippen molar-refractivity contribution < 1.29 is 27.9 Å². The highest BCUT2D eigenvalue weighted by Gasteiger charge is 2.20. The molecule has 0 aliphatic heterocycles. The van der Waals surface area contributed by atoms with Gasteiger partial charge in [0.05, 0.1) is 23.9 Å². The standard InChI is InChI=1S/C19H17N3O6S2/c1-28-12-8-9-14(16(23)11-12)19(25)21-20-18(24)13-5-2-3-6-15(13)22-30(26,27)17-7-4-10-29-17/h2-11,22-23H,1H3,(H,20,24)(H,21,25). The number of para-hydroxylation sites is 1. The van der Waals surface area contributed by atoms with Gasteiger partial charge in [0.15, 0.2) is 0 Å². The van der Waals surface area contributed by atoms with Crippen molar-refractivity contribution in [3.63, 3.8) is 0 Å². The van der Waals surface area contributed by atoms with Crippen LogP contribution in [-0.4, -0.2) is 32.4 Å². The number of sulfonamides is 1. The van der Waals surface area contributed by atoms with E-state index in [0.29, 0.717) is 5.75 Å². The van der Waals surface area contributed by atoms with Gasteiger partial charge in [-0.15, -0.1) is 11.3 Å². The number of methoxy groups -OCH3 is 1. The van der Waals surface area contributed by atoms with Crippen LogP contribution in [0.3, 0.4) is 0 Å². The van der Waals surface area contributed by atoms with Gasteiger partial charge in [0.1, 0.15) is 15.7 Å². The summed E-state index contributed by atoms with van der Waals surface area (Å²) in [5, 5.41) is 11.5. The van der Waals surface area contributed by atoms with Crippen molar-refractivity contribution in [2.75, 3.05) is 11.8 Å². The number of anilines is 1. The highest BCUT2D eigenvalue weighted by molar-refractivity contribution is 7.94. The smallest absolute Gasteiger partial charge is 0.273 e. The molecule has 0 saturated heterocycles. The van der Waals surface area contributed by atoms with E-state index in [1.165, 1.54) is 43.5 Å². The molecule has 0 spiro atoms. The van der Waals surface area contributed by atoms with Gasteiger partial charge in [0.25, 0.3) is 21.8 Å². The van der Waals surface area contributed by atoms with Gasteiger partial charge >= 0.3 is 0 Å². The first-order valence-electron chi connectivity index (χ1n) is 8.45. The molecule has 0 saturated carbocycles. The molecule has 1 heterocycles. The first-order chi connectivity index (χ1) is 14.3. The number of aromatic hydroxyl groups is 1. The number of hydrazine groups is 1. The Morgan fingerprint density at radius 2 is 1.67 bits per heavy atom. The molecule has 9 nitrogen and oxygen atoms in total. The maximum absolute atomic E-state index is 12.5. The van der Waals surface area contributed by atoms with E-state index in [-0.39, 0.29) is 26.8 Å². The molecule has 0 radical (unpaired) electrons. The predicted octanol–water partition coefficient (Wildman–Crippen LogP) is 2.34. The number of phenolic OH excluding ortho intramolecular Hbond substituents is 1. The number of thiophene rings is 1. The number of hydrogen-bond donors (Lipinski definition) is 4. The van der Waals surface area contributed by atoms with Crippen LogP contribution >= 0.6 is 11.3 Å². The highest BCUT2D eigenvalue weighted by Crippen LogP contribution is 2.24. The van der Waals surface area contributed by atoms with Crippen molar-refractivity contribution in [1.82, 2.24) is 10.9 Å².